The van der Waals surface area contributed by atoms with Crippen LogP contribution in [0.25, 0.3) is 33.5 Å². The zero-order valence-electron chi connectivity index (χ0n) is 19.4. The molecule has 0 spiro atoms. The first-order chi connectivity index (χ1) is 16.3. The zero-order valence-corrected chi connectivity index (χ0v) is 19.4. The molecular formula is C27H24N2O5. The second kappa shape index (κ2) is 8.02. The van der Waals surface area contributed by atoms with Gasteiger partial charge in [0, 0.05) is 11.6 Å². The van der Waals surface area contributed by atoms with Crippen LogP contribution in [0.3, 0.4) is 0 Å². The summed E-state index contributed by atoms with van der Waals surface area (Å²) in [5.41, 5.74) is 1.24. The van der Waals surface area contributed by atoms with Gasteiger partial charge in [0.1, 0.15) is 22.9 Å². The molecule has 3 aromatic heterocycles. The highest BCUT2D eigenvalue weighted by Crippen LogP contribution is 2.27. The van der Waals surface area contributed by atoms with Crippen LogP contribution in [-0.4, -0.2) is 16.7 Å². The average molecular weight is 456 g/mol. The van der Waals surface area contributed by atoms with Gasteiger partial charge >= 0.3 is 0 Å². The van der Waals surface area contributed by atoms with E-state index in [4.69, 9.17) is 13.6 Å². The molecule has 0 aliphatic rings. The first-order valence-electron chi connectivity index (χ1n) is 10.9. The van der Waals surface area contributed by atoms with Crippen LogP contribution in [0.4, 0.5) is 0 Å². The number of nitrogens with zero attached hydrogens (tertiary/aromatic N) is 2. The van der Waals surface area contributed by atoms with E-state index in [1.165, 1.54) is 11.7 Å². The van der Waals surface area contributed by atoms with E-state index in [-0.39, 0.29) is 23.1 Å². The summed E-state index contributed by atoms with van der Waals surface area (Å²) < 4.78 is 18.1. The molecule has 5 rings (SSSR count). The Bertz CT molecular complexity index is 1620. The van der Waals surface area contributed by atoms with E-state index < -0.39 is 11.0 Å². The number of methoxy groups -OCH3 is 1. The van der Waals surface area contributed by atoms with Gasteiger partial charge in [-0.2, -0.15) is 4.98 Å². The second-order valence-corrected chi connectivity index (χ2v) is 9.21. The van der Waals surface area contributed by atoms with Crippen molar-refractivity contribution in [2.45, 2.75) is 32.7 Å². The largest absolute Gasteiger partial charge is 0.497 e. The Morgan fingerprint density at radius 1 is 1.03 bits per heavy atom. The summed E-state index contributed by atoms with van der Waals surface area (Å²) in [7, 11) is 1.53. The van der Waals surface area contributed by atoms with E-state index in [1.54, 1.807) is 36.6 Å². The minimum absolute atomic E-state index is 0.0126. The quantitative estimate of drug-likeness (QED) is 0.349. The van der Waals surface area contributed by atoms with Crippen molar-refractivity contribution in [1.29, 1.82) is 0 Å². The van der Waals surface area contributed by atoms with Gasteiger partial charge in [-0.05, 0) is 35.2 Å². The number of ether oxygens (including phenoxy) is 1. The lowest BCUT2D eigenvalue weighted by Gasteiger charge is -2.19. The Kier molecular flexibility index (Phi) is 5.12. The minimum atomic E-state index is -0.484. The van der Waals surface area contributed by atoms with Crippen LogP contribution in [0, 0.1) is 0 Å². The molecule has 5 aromatic rings. The Morgan fingerprint density at radius 3 is 2.44 bits per heavy atom. The van der Waals surface area contributed by atoms with E-state index in [2.05, 4.69) is 25.8 Å². The molecule has 2 aromatic carbocycles. The fourth-order valence-corrected chi connectivity index (χ4v) is 3.99. The van der Waals surface area contributed by atoms with Gasteiger partial charge in [0.05, 0.1) is 25.3 Å². The van der Waals surface area contributed by atoms with Crippen LogP contribution >= 0.6 is 0 Å². The van der Waals surface area contributed by atoms with Crippen molar-refractivity contribution in [2.24, 2.45) is 0 Å². The molecule has 0 N–H and O–H groups in total. The van der Waals surface area contributed by atoms with Crippen molar-refractivity contribution in [1.82, 2.24) is 9.55 Å². The van der Waals surface area contributed by atoms with Gasteiger partial charge in [0.15, 0.2) is 5.39 Å². The number of rotatable bonds is 4. The van der Waals surface area contributed by atoms with Crippen molar-refractivity contribution in [3.05, 3.63) is 92.8 Å². The molecule has 0 bridgehead atoms. The summed E-state index contributed by atoms with van der Waals surface area (Å²) >= 11 is 0. The maximum Gasteiger partial charge on any atom is 0.269 e. The van der Waals surface area contributed by atoms with Gasteiger partial charge in [-0.15, -0.1) is 0 Å². The van der Waals surface area contributed by atoms with Crippen molar-refractivity contribution < 1.29 is 13.6 Å². The summed E-state index contributed by atoms with van der Waals surface area (Å²) in [5, 5.41) is 0.193. The summed E-state index contributed by atoms with van der Waals surface area (Å²) in [6.45, 7) is 6.54. The van der Waals surface area contributed by atoms with E-state index in [0.717, 1.165) is 11.1 Å². The highest BCUT2D eigenvalue weighted by atomic mass is 16.5. The molecule has 0 saturated heterocycles. The lowest BCUT2D eigenvalue weighted by Crippen LogP contribution is -2.28. The molecule has 7 heteroatoms. The zero-order chi connectivity index (χ0) is 24.0. The molecule has 0 amide bonds. The molecule has 0 aliphatic heterocycles. The first-order valence-corrected chi connectivity index (χ1v) is 10.9. The van der Waals surface area contributed by atoms with Crippen molar-refractivity contribution in [3.63, 3.8) is 0 Å². The minimum Gasteiger partial charge on any atom is -0.497 e. The smallest absolute Gasteiger partial charge is 0.269 e. The average Bonchev–Trinajstić information content (AvgIpc) is 3.33. The second-order valence-electron chi connectivity index (χ2n) is 9.21. The number of fused-ring (bicyclic) bond motifs is 2. The highest BCUT2D eigenvalue weighted by Gasteiger charge is 2.21. The fraction of sp³-hybridized carbons (Fsp3) is 0.222. The summed E-state index contributed by atoms with van der Waals surface area (Å²) in [6, 6.07) is 16.3. The van der Waals surface area contributed by atoms with Gasteiger partial charge in [-0.3, -0.25) is 14.2 Å². The number of aromatic nitrogens is 2. The number of benzene rings is 2. The van der Waals surface area contributed by atoms with E-state index in [1.807, 2.05) is 24.3 Å². The molecule has 0 radical (unpaired) electrons. The van der Waals surface area contributed by atoms with Crippen LogP contribution in [-0.2, 0) is 12.0 Å². The van der Waals surface area contributed by atoms with Gasteiger partial charge < -0.3 is 13.6 Å². The van der Waals surface area contributed by atoms with E-state index >= 15 is 0 Å². The van der Waals surface area contributed by atoms with E-state index in [0.29, 0.717) is 28.3 Å². The van der Waals surface area contributed by atoms with E-state index in [9.17, 15) is 9.59 Å². The standard InChI is InChI=1S/C27H24N2O5/c1-27(2,3)17-9-7-16(8-10-17)24-28-25-22(26(31)29(24)15-19-6-5-13-33-19)23(30)20-12-11-18(32-4)14-21(20)34-25/h5-14H,15H2,1-4H3. The Balaban J connectivity index is 1.81. The van der Waals surface area contributed by atoms with Crippen LogP contribution in [0.5, 0.6) is 5.75 Å². The molecule has 0 aliphatic carbocycles. The molecule has 172 valence electrons. The van der Waals surface area contributed by atoms with Crippen LogP contribution in [0.15, 0.2) is 79.3 Å². The van der Waals surface area contributed by atoms with Crippen LogP contribution in [0.2, 0.25) is 0 Å². The van der Waals surface area contributed by atoms with Gasteiger partial charge in [-0.1, -0.05) is 45.0 Å². The third-order valence-corrected chi connectivity index (χ3v) is 5.91. The number of hydrogen-bond donors (Lipinski definition) is 0. The summed E-state index contributed by atoms with van der Waals surface area (Å²) in [4.78, 5) is 31.6. The monoisotopic (exact) mass is 456 g/mol. The van der Waals surface area contributed by atoms with Gasteiger partial charge in [-0.25, -0.2) is 0 Å². The topological polar surface area (TPSA) is 87.5 Å². The van der Waals surface area contributed by atoms with Gasteiger partial charge in [0.25, 0.3) is 5.56 Å². The van der Waals surface area contributed by atoms with Crippen molar-refractivity contribution in [2.75, 3.05) is 7.11 Å². The molecule has 0 saturated carbocycles. The Hall–Kier alpha value is -4.13. The maximum absolute atomic E-state index is 13.7. The number of hydrogen-bond acceptors (Lipinski definition) is 6. The van der Waals surface area contributed by atoms with Crippen molar-refractivity contribution >= 4 is 22.1 Å². The maximum atomic E-state index is 13.7. The predicted molar refractivity (Wildman–Crippen MR) is 131 cm³/mol. The molecule has 7 nitrogen and oxygen atoms in total. The van der Waals surface area contributed by atoms with Crippen LogP contribution < -0.4 is 15.7 Å². The third-order valence-electron chi connectivity index (χ3n) is 5.91. The van der Waals surface area contributed by atoms with Crippen molar-refractivity contribution in [3.8, 4) is 17.1 Å². The first kappa shape index (κ1) is 21.7. The SMILES string of the molecule is COc1ccc2c(=O)c3c(=O)n(Cc4ccco4)c(-c4ccc(C(C)(C)C)cc4)nc3oc2c1. The molecule has 3 heterocycles. The van der Waals surface area contributed by atoms with Gasteiger partial charge in [0.2, 0.25) is 11.1 Å². The molecule has 0 unspecified atom stereocenters. The lowest BCUT2D eigenvalue weighted by molar-refractivity contribution is 0.414. The number of furan rings is 1. The lowest BCUT2D eigenvalue weighted by atomic mass is 9.86. The Labute approximate surface area is 195 Å². The molecule has 0 atom stereocenters. The fourth-order valence-electron chi connectivity index (χ4n) is 3.99. The normalized spacial score (nSPS) is 11.9. The molecule has 0 fully saturated rings. The molecular weight excluding hydrogens is 432 g/mol. The molecule has 34 heavy (non-hydrogen) atoms. The summed E-state index contributed by atoms with van der Waals surface area (Å²) in [6.07, 6.45) is 1.54. The Morgan fingerprint density at radius 2 is 1.79 bits per heavy atom. The van der Waals surface area contributed by atoms with Crippen LogP contribution in [0.1, 0.15) is 32.1 Å². The summed E-state index contributed by atoms with van der Waals surface area (Å²) in [5.74, 6) is 1.50. The highest BCUT2D eigenvalue weighted by molar-refractivity contribution is 5.89. The predicted octanol–water partition coefficient (Wildman–Crippen LogP) is 5.12. The third kappa shape index (κ3) is 3.69.